The Labute approximate surface area is 108 Å². The van der Waals surface area contributed by atoms with Crippen LogP contribution in [0.2, 0.25) is 0 Å². The van der Waals surface area contributed by atoms with Gasteiger partial charge in [-0.2, -0.15) is 0 Å². The highest BCUT2D eigenvalue weighted by Crippen LogP contribution is 2.18. The monoisotopic (exact) mass is 269 g/mol. The van der Waals surface area contributed by atoms with Gasteiger partial charge < -0.3 is 4.74 Å². The first-order valence-corrected chi connectivity index (χ1v) is 7.68. The number of hydrogen-bond donors (Lipinski definition) is 1. The summed E-state index contributed by atoms with van der Waals surface area (Å²) in [5.74, 6) is 0. The maximum atomic E-state index is 12.1. The van der Waals surface area contributed by atoms with E-state index in [1.807, 2.05) is 13.8 Å². The lowest BCUT2D eigenvalue weighted by atomic mass is 10.1. The lowest BCUT2D eigenvalue weighted by Crippen LogP contribution is -2.40. The van der Waals surface area contributed by atoms with Crippen molar-refractivity contribution in [2.24, 2.45) is 0 Å². The fraction of sp³-hybridized carbons (Fsp3) is 0.538. The minimum atomic E-state index is -3.44. The molecule has 0 saturated carbocycles. The van der Waals surface area contributed by atoms with Crippen molar-refractivity contribution in [3.05, 3.63) is 29.8 Å². The predicted molar refractivity (Wildman–Crippen MR) is 69.9 cm³/mol. The van der Waals surface area contributed by atoms with E-state index in [-0.39, 0.29) is 12.1 Å². The molecular formula is C13H19NO3S. The van der Waals surface area contributed by atoms with E-state index < -0.39 is 10.0 Å². The van der Waals surface area contributed by atoms with E-state index in [9.17, 15) is 8.42 Å². The minimum absolute atomic E-state index is 0.00905. The Balaban J connectivity index is 2.09. The highest BCUT2D eigenvalue weighted by Gasteiger charge is 2.26. The van der Waals surface area contributed by atoms with Crippen molar-refractivity contribution in [3.63, 3.8) is 0 Å². The largest absolute Gasteiger partial charge is 0.377 e. The summed E-state index contributed by atoms with van der Waals surface area (Å²) in [6, 6.07) is 6.65. The molecule has 100 valence electrons. The Morgan fingerprint density at radius 2 is 2.00 bits per heavy atom. The Morgan fingerprint density at radius 3 is 2.56 bits per heavy atom. The number of sulfonamides is 1. The second-order valence-electron chi connectivity index (χ2n) is 4.77. The van der Waals surface area contributed by atoms with Crippen LogP contribution in [-0.4, -0.2) is 27.2 Å². The molecule has 2 rings (SSSR count). The fourth-order valence-corrected chi connectivity index (χ4v) is 3.37. The van der Waals surface area contributed by atoms with Crippen molar-refractivity contribution in [3.8, 4) is 0 Å². The number of aryl methyl sites for hydroxylation is 1. The Kier molecular flexibility index (Phi) is 4.04. The Bertz CT molecular complexity index is 489. The molecule has 0 radical (unpaired) electrons. The summed E-state index contributed by atoms with van der Waals surface area (Å²) < 4.78 is 32.5. The second kappa shape index (κ2) is 5.38. The van der Waals surface area contributed by atoms with Gasteiger partial charge in [0.25, 0.3) is 0 Å². The SMILES string of the molecule is Cc1ccc(S(=O)(=O)NC(C)C2CCCO2)cc1. The van der Waals surface area contributed by atoms with Gasteiger partial charge in [0.15, 0.2) is 0 Å². The molecule has 1 aromatic rings. The molecule has 1 heterocycles. The minimum Gasteiger partial charge on any atom is -0.377 e. The van der Waals surface area contributed by atoms with Crippen molar-refractivity contribution in [1.82, 2.24) is 4.72 Å². The van der Waals surface area contributed by atoms with Crippen LogP contribution >= 0.6 is 0 Å². The molecule has 1 N–H and O–H groups in total. The summed E-state index contributed by atoms with van der Waals surface area (Å²) >= 11 is 0. The van der Waals surface area contributed by atoms with Crippen LogP contribution in [0.25, 0.3) is 0 Å². The van der Waals surface area contributed by atoms with Crippen LogP contribution in [0.1, 0.15) is 25.3 Å². The standard InChI is InChI=1S/C13H19NO3S/c1-10-5-7-12(8-6-10)18(15,16)14-11(2)13-4-3-9-17-13/h5-8,11,13-14H,3-4,9H2,1-2H3. The first-order valence-electron chi connectivity index (χ1n) is 6.19. The normalized spacial score (nSPS) is 22.0. The number of hydrogen-bond acceptors (Lipinski definition) is 3. The Morgan fingerprint density at radius 1 is 1.33 bits per heavy atom. The summed E-state index contributed by atoms with van der Waals surface area (Å²) in [6.07, 6.45) is 1.91. The number of rotatable bonds is 4. The highest BCUT2D eigenvalue weighted by molar-refractivity contribution is 7.89. The zero-order valence-electron chi connectivity index (χ0n) is 10.7. The molecule has 2 unspecified atom stereocenters. The van der Waals surface area contributed by atoms with Crippen LogP contribution in [0.15, 0.2) is 29.2 Å². The molecule has 1 aliphatic heterocycles. The van der Waals surface area contributed by atoms with Crippen LogP contribution in [-0.2, 0) is 14.8 Å². The average molecular weight is 269 g/mol. The topological polar surface area (TPSA) is 55.4 Å². The first kappa shape index (κ1) is 13.5. The van der Waals surface area contributed by atoms with Gasteiger partial charge in [-0.3, -0.25) is 0 Å². The van der Waals surface area contributed by atoms with Gasteiger partial charge >= 0.3 is 0 Å². The predicted octanol–water partition coefficient (Wildman–Crippen LogP) is 1.84. The van der Waals surface area contributed by atoms with Crippen LogP contribution in [0.5, 0.6) is 0 Å². The summed E-state index contributed by atoms with van der Waals surface area (Å²) in [6.45, 7) is 4.50. The highest BCUT2D eigenvalue weighted by atomic mass is 32.2. The van der Waals surface area contributed by atoms with Gasteiger partial charge in [-0.1, -0.05) is 17.7 Å². The van der Waals surface area contributed by atoms with Gasteiger partial charge in [-0.05, 0) is 38.8 Å². The first-order chi connectivity index (χ1) is 8.49. The molecular weight excluding hydrogens is 250 g/mol. The van der Waals surface area contributed by atoms with Gasteiger partial charge in [0.2, 0.25) is 10.0 Å². The third-order valence-electron chi connectivity index (χ3n) is 3.19. The van der Waals surface area contributed by atoms with E-state index in [0.717, 1.165) is 25.0 Å². The zero-order valence-corrected chi connectivity index (χ0v) is 11.5. The summed E-state index contributed by atoms with van der Waals surface area (Å²) in [4.78, 5) is 0.304. The van der Waals surface area contributed by atoms with Crippen LogP contribution in [0.3, 0.4) is 0 Å². The second-order valence-corrected chi connectivity index (χ2v) is 6.49. The fourth-order valence-electron chi connectivity index (χ4n) is 2.10. The van der Waals surface area contributed by atoms with E-state index in [2.05, 4.69) is 4.72 Å². The molecule has 0 aromatic heterocycles. The van der Waals surface area contributed by atoms with E-state index in [0.29, 0.717) is 4.90 Å². The van der Waals surface area contributed by atoms with Crippen molar-refractivity contribution < 1.29 is 13.2 Å². The average Bonchev–Trinajstić information content (AvgIpc) is 2.82. The molecule has 1 fully saturated rings. The van der Waals surface area contributed by atoms with Crippen molar-refractivity contribution in [1.29, 1.82) is 0 Å². The molecule has 1 aliphatic rings. The number of benzene rings is 1. The summed E-state index contributed by atoms with van der Waals surface area (Å²) in [7, 11) is -3.44. The molecule has 1 saturated heterocycles. The molecule has 0 amide bonds. The zero-order chi connectivity index (χ0) is 13.2. The summed E-state index contributed by atoms with van der Waals surface area (Å²) in [5, 5.41) is 0. The van der Waals surface area contributed by atoms with Crippen molar-refractivity contribution in [2.45, 2.75) is 43.7 Å². The molecule has 0 spiro atoms. The van der Waals surface area contributed by atoms with E-state index in [1.54, 1.807) is 24.3 Å². The third-order valence-corrected chi connectivity index (χ3v) is 4.77. The molecule has 1 aromatic carbocycles. The maximum absolute atomic E-state index is 12.1. The van der Waals surface area contributed by atoms with Gasteiger partial charge in [0.1, 0.15) is 0 Å². The molecule has 0 aliphatic carbocycles. The maximum Gasteiger partial charge on any atom is 0.240 e. The quantitative estimate of drug-likeness (QED) is 0.907. The van der Waals surface area contributed by atoms with Crippen LogP contribution in [0, 0.1) is 6.92 Å². The smallest absolute Gasteiger partial charge is 0.240 e. The third kappa shape index (κ3) is 3.10. The Hall–Kier alpha value is -0.910. The molecule has 18 heavy (non-hydrogen) atoms. The van der Waals surface area contributed by atoms with Crippen molar-refractivity contribution in [2.75, 3.05) is 6.61 Å². The van der Waals surface area contributed by atoms with Gasteiger partial charge in [0, 0.05) is 12.6 Å². The van der Waals surface area contributed by atoms with Crippen molar-refractivity contribution >= 4 is 10.0 Å². The van der Waals surface area contributed by atoms with E-state index in [4.69, 9.17) is 4.74 Å². The molecule has 5 heteroatoms. The molecule has 0 bridgehead atoms. The summed E-state index contributed by atoms with van der Waals surface area (Å²) in [5.41, 5.74) is 1.04. The van der Waals surface area contributed by atoms with Gasteiger partial charge in [-0.25, -0.2) is 13.1 Å². The molecule has 2 atom stereocenters. The number of ether oxygens (including phenoxy) is 1. The van der Waals surface area contributed by atoms with Crippen LogP contribution in [0.4, 0.5) is 0 Å². The number of nitrogens with one attached hydrogen (secondary N) is 1. The molecule has 4 nitrogen and oxygen atoms in total. The van der Waals surface area contributed by atoms with Gasteiger partial charge in [-0.15, -0.1) is 0 Å². The van der Waals surface area contributed by atoms with Crippen LogP contribution < -0.4 is 4.72 Å². The lowest BCUT2D eigenvalue weighted by Gasteiger charge is -2.19. The van der Waals surface area contributed by atoms with E-state index in [1.165, 1.54) is 0 Å². The van der Waals surface area contributed by atoms with Gasteiger partial charge in [0.05, 0.1) is 11.0 Å². The lowest BCUT2D eigenvalue weighted by molar-refractivity contribution is 0.0902. The van der Waals surface area contributed by atoms with E-state index >= 15 is 0 Å².